The average Bonchev–Trinajstić information content (AvgIpc) is 2.15. The van der Waals surface area contributed by atoms with Crippen molar-refractivity contribution in [3.8, 4) is 0 Å². The fourth-order valence-electron chi connectivity index (χ4n) is 1.19. The first-order valence-electron chi connectivity index (χ1n) is 3.38. The van der Waals surface area contributed by atoms with Crippen molar-refractivity contribution < 1.29 is 5.11 Å². The molecule has 0 unspecified atom stereocenters. The van der Waals surface area contributed by atoms with Crippen LogP contribution in [0.2, 0.25) is 0 Å². The third-order valence-corrected chi connectivity index (χ3v) is 3.25. The van der Waals surface area contributed by atoms with Crippen molar-refractivity contribution in [2.75, 3.05) is 0 Å². The van der Waals surface area contributed by atoms with Gasteiger partial charge in [0, 0.05) is 3.58 Å². The first-order chi connectivity index (χ1) is 4.69. The Hall–Kier alpha value is 0.170. The van der Waals surface area contributed by atoms with Crippen LogP contribution in [0, 0.1) is 0 Å². The lowest BCUT2D eigenvalue weighted by Crippen LogP contribution is -2.24. The lowest BCUT2D eigenvalue weighted by molar-refractivity contribution is 0.0925. The summed E-state index contributed by atoms with van der Waals surface area (Å²) in [6.45, 7) is 3.61. The minimum atomic E-state index is -0.567. The van der Waals surface area contributed by atoms with E-state index >= 15 is 0 Å². The summed E-state index contributed by atoms with van der Waals surface area (Å²) in [5, 5.41) is 9.81. The largest absolute Gasteiger partial charge is 0.384 e. The number of hydrogen-bond acceptors (Lipinski definition) is 1. The van der Waals surface area contributed by atoms with Crippen molar-refractivity contribution in [1.29, 1.82) is 0 Å². The predicted molar refractivity (Wildman–Crippen MR) is 51.1 cm³/mol. The maximum atomic E-state index is 9.81. The van der Waals surface area contributed by atoms with Crippen LogP contribution in [0.3, 0.4) is 0 Å². The fraction of sp³-hybridized carbons (Fsp3) is 0.500. The number of halogens is 1. The van der Waals surface area contributed by atoms with Gasteiger partial charge in [0.1, 0.15) is 0 Å². The van der Waals surface area contributed by atoms with Crippen LogP contribution in [0.5, 0.6) is 0 Å². The van der Waals surface area contributed by atoms with Crippen LogP contribution in [0.25, 0.3) is 0 Å². The zero-order valence-corrected chi connectivity index (χ0v) is 7.97. The van der Waals surface area contributed by atoms with Gasteiger partial charge in [0.15, 0.2) is 0 Å². The highest BCUT2D eigenvalue weighted by Crippen LogP contribution is 2.37. The molecule has 0 radical (unpaired) electrons. The Bertz CT molecular complexity index is 174. The maximum absolute atomic E-state index is 9.81. The molecule has 0 aromatic carbocycles. The van der Waals surface area contributed by atoms with Crippen molar-refractivity contribution in [3.05, 3.63) is 22.3 Å². The van der Waals surface area contributed by atoms with E-state index in [0.29, 0.717) is 6.42 Å². The summed E-state index contributed by atoms with van der Waals surface area (Å²) < 4.78 is 1.07. The summed E-state index contributed by atoms with van der Waals surface area (Å²) in [5.74, 6) is 0. The lowest BCUT2D eigenvalue weighted by Gasteiger charge is -2.21. The summed E-state index contributed by atoms with van der Waals surface area (Å²) in [4.78, 5) is 0. The van der Waals surface area contributed by atoms with E-state index in [1.807, 2.05) is 0 Å². The van der Waals surface area contributed by atoms with Crippen LogP contribution in [-0.4, -0.2) is 10.7 Å². The second-order valence-corrected chi connectivity index (χ2v) is 3.78. The van der Waals surface area contributed by atoms with Gasteiger partial charge < -0.3 is 5.11 Å². The van der Waals surface area contributed by atoms with E-state index in [1.165, 1.54) is 0 Å². The highest BCUT2D eigenvalue weighted by atomic mass is 127. The molecular weight excluding hydrogens is 239 g/mol. The van der Waals surface area contributed by atoms with Crippen molar-refractivity contribution in [1.82, 2.24) is 0 Å². The van der Waals surface area contributed by atoms with Gasteiger partial charge in [-0.05, 0) is 41.9 Å². The van der Waals surface area contributed by atoms with E-state index in [1.54, 1.807) is 6.08 Å². The van der Waals surface area contributed by atoms with Gasteiger partial charge in [0.05, 0.1) is 5.60 Å². The summed E-state index contributed by atoms with van der Waals surface area (Å²) >= 11 is 2.20. The van der Waals surface area contributed by atoms with Crippen LogP contribution >= 0.6 is 22.6 Å². The van der Waals surface area contributed by atoms with Gasteiger partial charge in [0.2, 0.25) is 0 Å². The van der Waals surface area contributed by atoms with Crippen LogP contribution in [0.4, 0.5) is 0 Å². The highest BCUT2D eigenvalue weighted by molar-refractivity contribution is 14.1. The third-order valence-electron chi connectivity index (χ3n) is 1.81. The minimum absolute atomic E-state index is 0.567. The van der Waals surface area contributed by atoms with Crippen molar-refractivity contribution in [3.63, 3.8) is 0 Å². The number of allylic oxidation sites excluding steroid dienone is 1. The molecule has 10 heavy (non-hydrogen) atoms. The third kappa shape index (κ3) is 1.42. The zero-order valence-electron chi connectivity index (χ0n) is 5.81. The number of hydrogen-bond donors (Lipinski definition) is 1. The maximum Gasteiger partial charge on any atom is 0.0986 e. The molecule has 0 saturated heterocycles. The molecule has 1 nitrogen and oxygen atoms in total. The molecule has 1 aliphatic carbocycles. The first-order valence-corrected chi connectivity index (χ1v) is 4.46. The molecule has 0 bridgehead atoms. The van der Waals surface area contributed by atoms with E-state index in [0.717, 1.165) is 16.4 Å². The Kier molecular flexibility index (Phi) is 2.52. The van der Waals surface area contributed by atoms with Gasteiger partial charge >= 0.3 is 0 Å². The SMILES string of the molecule is C=CC[C@]1(O)CCC=C1I. The summed E-state index contributed by atoms with van der Waals surface area (Å²) in [7, 11) is 0. The first kappa shape index (κ1) is 8.27. The minimum Gasteiger partial charge on any atom is -0.384 e. The molecular formula is C8H11IO. The molecule has 0 amide bonds. The quantitative estimate of drug-likeness (QED) is 0.589. The molecule has 1 rings (SSSR count). The molecule has 0 aromatic heterocycles. The molecule has 0 saturated carbocycles. The Morgan fingerprint density at radius 3 is 3.00 bits per heavy atom. The zero-order chi connectivity index (χ0) is 7.61. The van der Waals surface area contributed by atoms with Crippen molar-refractivity contribution >= 4 is 22.6 Å². The van der Waals surface area contributed by atoms with Gasteiger partial charge in [0.25, 0.3) is 0 Å². The van der Waals surface area contributed by atoms with E-state index < -0.39 is 5.60 Å². The molecule has 0 spiro atoms. The second kappa shape index (κ2) is 3.05. The normalized spacial score (nSPS) is 32.0. The van der Waals surface area contributed by atoms with Crippen molar-refractivity contribution in [2.45, 2.75) is 24.9 Å². The van der Waals surface area contributed by atoms with Crippen LogP contribution in [0.1, 0.15) is 19.3 Å². The molecule has 56 valence electrons. The molecule has 0 aromatic rings. The van der Waals surface area contributed by atoms with Crippen molar-refractivity contribution in [2.24, 2.45) is 0 Å². The smallest absolute Gasteiger partial charge is 0.0986 e. The van der Waals surface area contributed by atoms with Gasteiger partial charge in [-0.3, -0.25) is 0 Å². The highest BCUT2D eigenvalue weighted by Gasteiger charge is 2.31. The summed E-state index contributed by atoms with van der Waals surface area (Å²) in [6.07, 6.45) is 6.41. The Morgan fingerprint density at radius 1 is 1.90 bits per heavy atom. The Morgan fingerprint density at radius 2 is 2.60 bits per heavy atom. The van der Waals surface area contributed by atoms with Crippen LogP contribution in [0.15, 0.2) is 22.3 Å². The van der Waals surface area contributed by atoms with Gasteiger partial charge in [-0.25, -0.2) is 0 Å². The molecule has 1 N–H and O–H groups in total. The molecule has 2 heteroatoms. The molecule has 1 atom stereocenters. The molecule has 0 fully saturated rings. The molecule has 1 aliphatic rings. The molecule has 0 aliphatic heterocycles. The average molecular weight is 250 g/mol. The topological polar surface area (TPSA) is 20.2 Å². The molecule has 0 heterocycles. The van der Waals surface area contributed by atoms with E-state index in [-0.39, 0.29) is 0 Å². The van der Waals surface area contributed by atoms with E-state index in [4.69, 9.17) is 0 Å². The summed E-state index contributed by atoms with van der Waals surface area (Å²) in [5.41, 5.74) is -0.567. The predicted octanol–water partition coefficient (Wildman–Crippen LogP) is 2.41. The van der Waals surface area contributed by atoms with E-state index in [9.17, 15) is 5.11 Å². The van der Waals surface area contributed by atoms with Crippen LogP contribution < -0.4 is 0 Å². The fourth-order valence-corrected chi connectivity index (χ4v) is 1.99. The Labute approximate surface area is 75.0 Å². The standard InChI is InChI=1S/C8H11IO/c1-2-5-8(10)6-3-4-7(8)9/h2,4,10H,1,3,5-6H2/t8-/m0/s1. The number of aliphatic hydroxyl groups is 1. The van der Waals surface area contributed by atoms with Gasteiger partial charge in [-0.1, -0.05) is 12.2 Å². The Balaban J connectivity index is 2.68. The lowest BCUT2D eigenvalue weighted by atomic mass is 10.00. The summed E-state index contributed by atoms with van der Waals surface area (Å²) in [6, 6.07) is 0. The van der Waals surface area contributed by atoms with E-state index in [2.05, 4.69) is 35.2 Å². The monoisotopic (exact) mass is 250 g/mol. The van der Waals surface area contributed by atoms with Gasteiger partial charge in [-0.15, -0.1) is 6.58 Å². The number of rotatable bonds is 2. The second-order valence-electron chi connectivity index (χ2n) is 2.62. The van der Waals surface area contributed by atoms with Gasteiger partial charge in [-0.2, -0.15) is 0 Å². The van der Waals surface area contributed by atoms with Crippen LogP contribution in [-0.2, 0) is 0 Å².